The Bertz CT molecular complexity index is 457. The smallest absolute Gasteiger partial charge is 0.209 e. The summed E-state index contributed by atoms with van der Waals surface area (Å²) in [4.78, 5) is 33.7. The van der Waals surface area contributed by atoms with E-state index in [0.717, 1.165) is 25.3 Å². The lowest BCUT2D eigenvalue weighted by molar-refractivity contribution is -0.118. The molecule has 2 heterocycles. The fraction of sp³-hybridized carbons (Fsp3) is 0.500. The summed E-state index contributed by atoms with van der Waals surface area (Å²) in [7, 11) is 0. The summed E-state index contributed by atoms with van der Waals surface area (Å²) < 4.78 is 0. The lowest BCUT2D eigenvalue weighted by Gasteiger charge is -2.33. The zero-order valence-electron chi connectivity index (χ0n) is 10.9. The van der Waals surface area contributed by atoms with Crippen LogP contribution in [0, 0.1) is 0 Å². The zero-order valence-corrected chi connectivity index (χ0v) is 10.9. The predicted molar refractivity (Wildman–Crippen MR) is 71.1 cm³/mol. The van der Waals surface area contributed by atoms with Gasteiger partial charge in [0.05, 0.1) is 6.54 Å². The highest BCUT2D eigenvalue weighted by molar-refractivity contribution is 5.80. The fourth-order valence-corrected chi connectivity index (χ4v) is 1.89. The molecule has 1 fully saturated rings. The van der Waals surface area contributed by atoms with Crippen LogP contribution in [0.3, 0.4) is 0 Å². The van der Waals surface area contributed by atoms with Gasteiger partial charge in [0.25, 0.3) is 0 Å². The van der Waals surface area contributed by atoms with Crippen LogP contribution in [0.5, 0.6) is 0 Å². The number of aromatic nitrogens is 2. The Morgan fingerprint density at radius 2 is 2.11 bits per heavy atom. The van der Waals surface area contributed by atoms with E-state index in [1.807, 2.05) is 6.07 Å². The maximum atomic E-state index is 10.9. The largest absolute Gasteiger partial charge is 0.363 e. The molecule has 19 heavy (non-hydrogen) atoms. The highest BCUT2D eigenvalue weighted by atomic mass is 16.1. The number of hydrogen-bond donors (Lipinski definition) is 1. The molecule has 7 nitrogen and oxygen atoms in total. The summed E-state index contributed by atoms with van der Waals surface area (Å²) in [6.07, 6.45) is 2.35. The van der Waals surface area contributed by atoms with Crippen LogP contribution in [0.15, 0.2) is 12.4 Å². The lowest BCUT2D eigenvalue weighted by atomic mass is 10.3. The van der Waals surface area contributed by atoms with Gasteiger partial charge < -0.3 is 15.1 Å². The van der Waals surface area contributed by atoms with Crippen LogP contribution in [0.1, 0.15) is 6.92 Å². The summed E-state index contributed by atoms with van der Waals surface area (Å²) in [5.41, 5.74) is 0. The van der Waals surface area contributed by atoms with Gasteiger partial charge >= 0.3 is 0 Å². The van der Waals surface area contributed by atoms with E-state index in [1.165, 1.54) is 13.3 Å². The molecular weight excluding hydrogens is 246 g/mol. The molecule has 2 rings (SSSR count). The first-order chi connectivity index (χ1) is 9.19. The molecule has 0 atom stereocenters. The van der Waals surface area contributed by atoms with Crippen LogP contribution in [0.25, 0.3) is 0 Å². The van der Waals surface area contributed by atoms with Gasteiger partial charge in [0, 0.05) is 32.2 Å². The molecule has 0 aliphatic carbocycles. The van der Waals surface area contributed by atoms with E-state index in [4.69, 9.17) is 0 Å². The normalized spacial score (nSPS) is 15.2. The highest BCUT2D eigenvalue weighted by Crippen LogP contribution is 2.15. The van der Waals surface area contributed by atoms with Crippen LogP contribution in [0.4, 0.5) is 11.6 Å². The van der Waals surface area contributed by atoms with Crippen molar-refractivity contribution < 1.29 is 9.59 Å². The summed E-state index contributed by atoms with van der Waals surface area (Å²) in [5, 5.41) is 2.95. The Morgan fingerprint density at radius 1 is 1.37 bits per heavy atom. The molecule has 1 N–H and O–H groups in total. The first-order valence-corrected chi connectivity index (χ1v) is 6.18. The van der Waals surface area contributed by atoms with Gasteiger partial charge in [0.15, 0.2) is 0 Å². The first-order valence-electron chi connectivity index (χ1n) is 6.18. The molecule has 0 radical (unpaired) electrons. The number of carbonyl (C=O) groups is 2. The van der Waals surface area contributed by atoms with E-state index in [1.54, 1.807) is 4.90 Å². The van der Waals surface area contributed by atoms with E-state index in [9.17, 15) is 9.59 Å². The molecule has 0 spiro atoms. The van der Waals surface area contributed by atoms with Crippen LogP contribution in [-0.4, -0.2) is 59.8 Å². The Morgan fingerprint density at radius 3 is 2.74 bits per heavy atom. The molecule has 1 aromatic rings. The van der Waals surface area contributed by atoms with Crippen molar-refractivity contribution in [2.75, 3.05) is 42.9 Å². The van der Waals surface area contributed by atoms with Crippen LogP contribution >= 0.6 is 0 Å². The van der Waals surface area contributed by atoms with E-state index in [2.05, 4.69) is 20.2 Å². The number of rotatable bonds is 5. The second kappa shape index (κ2) is 6.12. The number of anilines is 2. The SMILES string of the molecule is CC(=O)CNc1cc(N2CCN(C=O)CC2)ncn1. The monoisotopic (exact) mass is 263 g/mol. The Balaban J connectivity index is 1.98. The van der Waals surface area contributed by atoms with Gasteiger partial charge in [-0.15, -0.1) is 0 Å². The summed E-state index contributed by atoms with van der Waals surface area (Å²) >= 11 is 0. The number of piperazine rings is 1. The quantitative estimate of drug-likeness (QED) is 0.738. The molecule has 7 heteroatoms. The fourth-order valence-electron chi connectivity index (χ4n) is 1.89. The van der Waals surface area contributed by atoms with Crippen molar-refractivity contribution in [3.05, 3.63) is 12.4 Å². The Hall–Kier alpha value is -2.18. The number of carbonyl (C=O) groups excluding carboxylic acids is 2. The van der Waals surface area contributed by atoms with Crippen molar-refractivity contribution >= 4 is 23.8 Å². The van der Waals surface area contributed by atoms with Gasteiger partial charge in [-0.3, -0.25) is 9.59 Å². The average molecular weight is 263 g/mol. The maximum absolute atomic E-state index is 10.9. The van der Waals surface area contributed by atoms with E-state index in [-0.39, 0.29) is 12.3 Å². The lowest BCUT2D eigenvalue weighted by Crippen LogP contribution is -2.46. The second-order valence-electron chi connectivity index (χ2n) is 4.45. The van der Waals surface area contributed by atoms with Crippen molar-refractivity contribution in [2.24, 2.45) is 0 Å². The van der Waals surface area contributed by atoms with Crippen molar-refractivity contribution in [3.63, 3.8) is 0 Å². The first kappa shape index (κ1) is 13.3. The topological polar surface area (TPSA) is 78.4 Å². The number of amides is 1. The standard InChI is InChI=1S/C12H17N5O2/c1-10(19)7-13-11-6-12(15-8-14-11)17-4-2-16(9-18)3-5-17/h6,8-9H,2-5,7H2,1H3,(H,13,14,15). The van der Waals surface area contributed by atoms with Gasteiger partial charge in [-0.1, -0.05) is 0 Å². The number of Topliss-reactive ketones (excluding diaryl/α,β-unsaturated/α-hetero) is 1. The van der Waals surface area contributed by atoms with Crippen LogP contribution < -0.4 is 10.2 Å². The number of nitrogens with zero attached hydrogens (tertiary/aromatic N) is 4. The van der Waals surface area contributed by atoms with Crippen molar-refractivity contribution in [1.82, 2.24) is 14.9 Å². The molecule has 1 saturated heterocycles. The van der Waals surface area contributed by atoms with Crippen LogP contribution in [0.2, 0.25) is 0 Å². The molecule has 1 aliphatic rings. The molecule has 0 aromatic carbocycles. The van der Waals surface area contributed by atoms with E-state index >= 15 is 0 Å². The van der Waals surface area contributed by atoms with Crippen LogP contribution in [-0.2, 0) is 9.59 Å². The average Bonchev–Trinajstić information content (AvgIpc) is 2.45. The minimum absolute atomic E-state index is 0.0553. The van der Waals surface area contributed by atoms with E-state index < -0.39 is 0 Å². The molecule has 1 amide bonds. The third kappa shape index (κ3) is 3.64. The highest BCUT2D eigenvalue weighted by Gasteiger charge is 2.16. The van der Waals surface area contributed by atoms with Gasteiger partial charge in [-0.2, -0.15) is 0 Å². The Kier molecular flexibility index (Phi) is 4.27. The molecular formula is C12H17N5O2. The van der Waals surface area contributed by atoms with Crippen molar-refractivity contribution in [1.29, 1.82) is 0 Å². The molecule has 0 bridgehead atoms. The third-order valence-corrected chi connectivity index (χ3v) is 2.96. The second-order valence-corrected chi connectivity index (χ2v) is 4.45. The summed E-state index contributed by atoms with van der Waals surface area (Å²) in [5.74, 6) is 1.50. The molecule has 1 aliphatic heterocycles. The molecule has 0 unspecified atom stereocenters. The summed E-state index contributed by atoms with van der Waals surface area (Å²) in [6.45, 7) is 4.68. The van der Waals surface area contributed by atoms with E-state index in [0.29, 0.717) is 18.9 Å². The van der Waals surface area contributed by atoms with Gasteiger partial charge in [-0.25, -0.2) is 9.97 Å². The van der Waals surface area contributed by atoms with Gasteiger partial charge in [0.2, 0.25) is 6.41 Å². The minimum atomic E-state index is 0.0553. The van der Waals surface area contributed by atoms with Gasteiger partial charge in [-0.05, 0) is 6.92 Å². The van der Waals surface area contributed by atoms with Gasteiger partial charge in [0.1, 0.15) is 23.7 Å². The molecule has 102 valence electrons. The van der Waals surface area contributed by atoms with Crippen molar-refractivity contribution in [2.45, 2.75) is 6.92 Å². The number of ketones is 1. The zero-order chi connectivity index (χ0) is 13.7. The number of nitrogens with one attached hydrogen (secondary N) is 1. The molecule has 1 aromatic heterocycles. The Labute approximate surface area is 111 Å². The molecule has 0 saturated carbocycles. The maximum Gasteiger partial charge on any atom is 0.209 e. The third-order valence-electron chi connectivity index (χ3n) is 2.96. The predicted octanol–water partition coefficient (Wildman–Crippen LogP) is -0.244. The number of hydrogen-bond acceptors (Lipinski definition) is 6. The minimum Gasteiger partial charge on any atom is -0.363 e. The summed E-state index contributed by atoms with van der Waals surface area (Å²) in [6, 6.07) is 1.82. The van der Waals surface area contributed by atoms with Crippen molar-refractivity contribution in [3.8, 4) is 0 Å².